The van der Waals surface area contributed by atoms with Crippen LogP contribution >= 0.6 is 0 Å². The van der Waals surface area contributed by atoms with E-state index in [-0.39, 0.29) is 18.2 Å². The minimum atomic E-state index is -1.82. The average Bonchev–Trinajstić information content (AvgIpc) is 2.97. The van der Waals surface area contributed by atoms with E-state index in [9.17, 15) is 32.3 Å². The van der Waals surface area contributed by atoms with Gasteiger partial charge in [0, 0.05) is 18.4 Å². The second-order valence-corrected chi connectivity index (χ2v) is 6.34. The molecule has 0 spiro atoms. The molecule has 1 aliphatic rings. The first-order valence-corrected chi connectivity index (χ1v) is 8.12. The Hall–Kier alpha value is -2.16. The number of Topliss-reactive ketones (excluding diaryl/α,β-unsaturated/α-hetero) is 1. The Morgan fingerprint density at radius 2 is 1.77 bits per heavy atom. The van der Waals surface area contributed by atoms with Crippen molar-refractivity contribution in [2.75, 3.05) is 13.2 Å². The summed E-state index contributed by atoms with van der Waals surface area (Å²) in [5.41, 5.74) is -1.15. The number of halogens is 4. The quantitative estimate of drug-likeness (QED) is 0.565. The second kappa shape index (κ2) is 8.03. The highest BCUT2D eigenvalue weighted by Crippen LogP contribution is 2.33. The minimum absolute atomic E-state index is 0.166. The number of rotatable bonds is 7. The van der Waals surface area contributed by atoms with Crippen molar-refractivity contribution >= 4 is 11.7 Å². The van der Waals surface area contributed by atoms with Gasteiger partial charge in [-0.15, -0.1) is 0 Å². The first kappa shape index (κ1) is 20.2. The number of hydrogen-bond acceptors (Lipinski definition) is 4. The van der Waals surface area contributed by atoms with E-state index >= 15 is 0 Å². The van der Waals surface area contributed by atoms with E-state index in [0.717, 1.165) is 6.92 Å². The van der Waals surface area contributed by atoms with Crippen molar-refractivity contribution in [3.8, 4) is 5.75 Å². The third kappa shape index (κ3) is 3.98. The van der Waals surface area contributed by atoms with E-state index in [4.69, 9.17) is 0 Å². The zero-order chi connectivity index (χ0) is 19.6. The van der Waals surface area contributed by atoms with Crippen LogP contribution < -0.4 is 10.1 Å². The summed E-state index contributed by atoms with van der Waals surface area (Å²) in [6.45, 7) is 2.19. The van der Waals surface area contributed by atoms with E-state index < -0.39 is 59.0 Å². The normalized spacial score (nSPS) is 19.2. The number of ketones is 1. The average molecular weight is 377 g/mol. The number of ether oxygens (including phenoxy) is 1. The lowest BCUT2D eigenvalue weighted by Gasteiger charge is -2.16. The maximum absolute atomic E-state index is 13.9. The number of hydrogen-bond donors (Lipinski definition) is 2. The minimum Gasteiger partial charge on any atom is -0.480 e. The Balaban J connectivity index is 2.09. The molecule has 1 saturated heterocycles. The van der Waals surface area contributed by atoms with Gasteiger partial charge in [-0.2, -0.15) is 8.78 Å². The summed E-state index contributed by atoms with van der Waals surface area (Å²) in [5.74, 6) is -10.3. The predicted octanol–water partition coefficient (Wildman–Crippen LogP) is 2.41. The summed E-state index contributed by atoms with van der Waals surface area (Å²) in [5, 5.41) is 11.9. The van der Waals surface area contributed by atoms with Crippen LogP contribution in [0, 0.1) is 35.1 Å². The van der Waals surface area contributed by atoms with E-state index in [1.165, 1.54) is 6.92 Å². The number of amides is 1. The van der Waals surface area contributed by atoms with Crippen LogP contribution in [0.2, 0.25) is 0 Å². The molecule has 3 unspecified atom stereocenters. The van der Waals surface area contributed by atoms with E-state index in [2.05, 4.69) is 10.1 Å². The summed E-state index contributed by atoms with van der Waals surface area (Å²) in [6.07, 6.45) is -0.951. The molecule has 5 nitrogen and oxygen atoms in total. The van der Waals surface area contributed by atoms with E-state index in [0.29, 0.717) is 13.0 Å². The van der Waals surface area contributed by atoms with Gasteiger partial charge in [0.05, 0.1) is 11.7 Å². The molecule has 0 aliphatic carbocycles. The highest BCUT2D eigenvalue weighted by Gasteiger charge is 2.31. The Morgan fingerprint density at radius 1 is 1.19 bits per heavy atom. The van der Waals surface area contributed by atoms with Crippen molar-refractivity contribution in [1.82, 2.24) is 5.32 Å². The fraction of sp³-hybridized carbons (Fsp3) is 0.529. The monoisotopic (exact) mass is 377 g/mol. The van der Waals surface area contributed by atoms with Crippen LogP contribution in [0.1, 0.15) is 38.4 Å². The molecule has 1 aromatic rings. The van der Waals surface area contributed by atoms with Gasteiger partial charge in [0.15, 0.2) is 23.2 Å². The zero-order valence-electron chi connectivity index (χ0n) is 14.2. The number of aliphatic hydroxyl groups excluding tert-OH is 1. The van der Waals surface area contributed by atoms with E-state index in [1.807, 2.05) is 0 Å². The molecular formula is C17H19F4NO4. The van der Waals surface area contributed by atoms with Crippen LogP contribution in [0.3, 0.4) is 0 Å². The molecule has 1 aliphatic heterocycles. The Morgan fingerprint density at radius 3 is 2.23 bits per heavy atom. The Labute approximate surface area is 147 Å². The molecule has 0 saturated carbocycles. The van der Waals surface area contributed by atoms with Gasteiger partial charge in [0.1, 0.15) is 6.61 Å². The van der Waals surface area contributed by atoms with Crippen molar-refractivity contribution < 1.29 is 37.0 Å². The molecule has 2 rings (SSSR count). The molecule has 1 amide bonds. The van der Waals surface area contributed by atoms with Crippen LogP contribution in [0.5, 0.6) is 5.75 Å². The van der Waals surface area contributed by atoms with Gasteiger partial charge in [0.2, 0.25) is 17.5 Å². The summed E-state index contributed by atoms with van der Waals surface area (Å²) in [7, 11) is 0. The number of aliphatic hydroxyl groups is 1. The predicted molar refractivity (Wildman–Crippen MR) is 82.3 cm³/mol. The Kier molecular flexibility index (Phi) is 6.22. The number of carbonyl (C=O) groups excluding carboxylic acids is 2. The third-order valence-electron chi connectivity index (χ3n) is 4.38. The van der Waals surface area contributed by atoms with Crippen LogP contribution in [0.25, 0.3) is 0 Å². The molecule has 1 heterocycles. The lowest BCUT2D eigenvalue weighted by molar-refractivity contribution is -0.126. The van der Waals surface area contributed by atoms with Crippen molar-refractivity contribution in [3.05, 3.63) is 28.8 Å². The van der Waals surface area contributed by atoms with Gasteiger partial charge in [-0.05, 0) is 19.8 Å². The van der Waals surface area contributed by atoms with Gasteiger partial charge in [-0.3, -0.25) is 9.59 Å². The summed E-state index contributed by atoms with van der Waals surface area (Å²) in [4.78, 5) is 23.6. The smallest absolute Gasteiger partial charge is 0.223 e. The highest BCUT2D eigenvalue weighted by atomic mass is 19.2. The van der Waals surface area contributed by atoms with Gasteiger partial charge in [-0.25, -0.2) is 8.78 Å². The molecule has 1 aromatic carbocycles. The fourth-order valence-electron chi connectivity index (χ4n) is 2.84. The molecule has 144 valence electrons. The number of benzene rings is 1. The highest BCUT2D eigenvalue weighted by molar-refractivity contribution is 5.84. The molecule has 9 heteroatoms. The van der Waals surface area contributed by atoms with Crippen molar-refractivity contribution in [1.29, 1.82) is 0 Å². The summed E-state index contributed by atoms with van der Waals surface area (Å²) < 4.78 is 60.1. The van der Waals surface area contributed by atoms with Gasteiger partial charge in [-0.1, -0.05) is 6.92 Å². The number of nitrogens with one attached hydrogen (secondary N) is 1. The SMILES string of the molecule is CC(CC1CCNC1=O)C(=O)COc1c(F)c(F)c(C(C)O)c(F)c1F. The molecule has 2 N–H and O–H groups in total. The maximum Gasteiger partial charge on any atom is 0.223 e. The molecule has 0 aromatic heterocycles. The van der Waals surface area contributed by atoms with Crippen LogP contribution in [-0.2, 0) is 9.59 Å². The zero-order valence-corrected chi connectivity index (χ0v) is 14.2. The molecule has 0 radical (unpaired) electrons. The van der Waals surface area contributed by atoms with Crippen LogP contribution in [0.4, 0.5) is 17.6 Å². The molecule has 26 heavy (non-hydrogen) atoms. The summed E-state index contributed by atoms with van der Waals surface area (Å²) in [6, 6.07) is 0. The maximum atomic E-state index is 13.9. The largest absolute Gasteiger partial charge is 0.480 e. The fourth-order valence-corrected chi connectivity index (χ4v) is 2.84. The van der Waals surface area contributed by atoms with E-state index in [1.54, 1.807) is 0 Å². The lowest BCUT2D eigenvalue weighted by atomic mass is 9.92. The first-order chi connectivity index (χ1) is 12.1. The molecule has 1 fully saturated rings. The number of carbonyl (C=O) groups is 2. The topological polar surface area (TPSA) is 75.6 Å². The van der Waals surface area contributed by atoms with Gasteiger partial charge in [0.25, 0.3) is 0 Å². The first-order valence-electron chi connectivity index (χ1n) is 8.12. The van der Waals surface area contributed by atoms with Gasteiger partial charge >= 0.3 is 0 Å². The molecule has 3 atom stereocenters. The standard InChI is InChI=1S/C17H19F4NO4/c1-7(5-9-3-4-22-17(9)25)10(24)6-26-16-14(20)12(18)11(8(2)23)13(19)15(16)21/h7-9,23H,3-6H2,1-2H3,(H,22,25). The molecular weight excluding hydrogens is 358 g/mol. The van der Waals surface area contributed by atoms with Crippen molar-refractivity contribution in [2.45, 2.75) is 32.8 Å². The van der Waals surface area contributed by atoms with Crippen LogP contribution in [0.15, 0.2) is 0 Å². The van der Waals surface area contributed by atoms with Crippen LogP contribution in [-0.4, -0.2) is 29.9 Å². The van der Waals surface area contributed by atoms with Crippen molar-refractivity contribution in [2.24, 2.45) is 11.8 Å². The van der Waals surface area contributed by atoms with Crippen molar-refractivity contribution in [3.63, 3.8) is 0 Å². The van der Waals surface area contributed by atoms with Gasteiger partial charge < -0.3 is 15.2 Å². The second-order valence-electron chi connectivity index (χ2n) is 6.34. The lowest BCUT2D eigenvalue weighted by Crippen LogP contribution is -2.26. The third-order valence-corrected chi connectivity index (χ3v) is 4.38. The molecule has 0 bridgehead atoms. The summed E-state index contributed by atoms with van der Waals surface area (Å²) >= 11 is 0. The Bertz CT molecular complexity index is 694.